The van der Waals surface area contributed by atoms with Crippen LogP contribution < -0.4 is 5.32 Å². The smallest absolute Gasteiger partial charge is 0.263 e. The van der Waals surface area contributed by atoms with Crippen LogP contribution in [0.4, 0.5) is 0 Å². The number of carbonyl (C=O) groups is 1. The average molecular weight is 356 g/mol. The molecule has 2 heterocycles. The van der Waals surface area contributed by atoms with Crippen LogP contribution in [-0.4, -0.2) is 88.1 Å². The Labute approximate surface area is 143 Å². The Balaban J connectivity index is 1.82. The summed E-state index contributed by atoms with van der Waals surface area (Å²) in [6.45, 7) is 4.26. The lowest BCUT2D eigenvalue weighted by Crippen LogP contribution is -2.41. The fourth-order valence-electron chi connectivity index (χ4n) is 2.79. The Morgan fingerprint density at radius 1 is 1.46 bits per heavy atom. The van der Waals surface area contributed by atoms with Gasteiger partial charge < -0.3 is 15.0 Å². The first kappa shape index (κ1) is 18.7. The van der Waals surface area contributed by atoms with Gasteiger partial charge in [-0.3, -0.25) is 9.69 Å². The van der Waals surface area contributed by atoms with Gasteiger partial charge in [-0.2, -0.15) is 5.26 Å². The molecule has 0 aliphatic carbocycles. The van der Waals surface area contributed by atoms with Crippen LogP contribution in [0.2, 0.25) is 0 Å². The SMILES string of the molecule is CN(/C=C(/C#N)C(=O)NCCN1CCOCC1)C1CCS(=O)(=O)C1. The highest BCUT2D eigenvalue weighted by atomic mass is 32.2. The van der Waals surface area contributed by atoms with Crippen LogP contribution in [0.15, 0.2) is 11.8 Å². The van der Waals surface area contributed by atoms with E-state index in [4.69, 9.17) is 4.74 Å². The lowest BCUT2D eigenvalue weighted by Gasteiger charge is -2.26. The first-order valence-electron chi connectivity index (χ1n) is 8.04. The highest BCUT2D eigenvalue weighted by molar-refractivity contribution is 7.91. The zero-order chi connectivity index (χ0) is 17.6. The summed E-state index contributed by atoms with van der Waals surface area (Å²) in [5.41, 5.74) is -0.0104. The van der Waals surface area contributed by atoms with Gasteiger partial charge in [0.05, 0.1) is 24.7 Å². The molecule has 2 rings (SSSR count). The predicted octanol–water partition coefficient (Wildman–Crippen LogP) is -1.04. The van der Waals surface area contributed by atoms with Gasteiger partial charge in [-0.1, -0.05) is 0 Å². The first-order chi connectivity index (χ1) is 11.4. The molecule has 1 N–H and O–H groups in total. The lowest BCUT2D eigenvalue weighted by molar-refractivity contribution is -0.117. The number of nitriles is 1. The highest BCUT2D eigenvalue weighted by Crippen LogP contribution is 2.17. The summed E-state index contributed by atoms with van der Waals surface area (Å²) < 4.78 is 28.3. The molecule has 0 bridgehead atoms. The molecule has 8 nitrogen and oxygen atoms in total. The number of morpholine rings is 1. The molecular weight excluding hydrogens is 332 g/mol. The van der Waals surface area contributed by atoms with Crippen molar-refractivity contribution >= 4 is 15.7 Å². The average Bonchev–Trinajstić information content (AvgIpc) is 2.93. The molecule has 1 amide bonds. The Hall–Kier alpha value is -1.63. The number of hydrogen-bond acceptors (Lipinski definition) is 7. The van der Waals surface area contributed by atoms with Crippen molar-refractivity contribution in [3.05, 3.63) is 11.8 Å². The number of sulfone groups is 1. The van der Waals surface area contributed by atoms with Crippen molar-refractivity contribution in [1.82, 2.24) is 15.1 Å². The minimum absolute atomic E-state index is 0.0104. The summed E-state index contributed by atoms with van der Waals surface area (Å²) in [5.74, 6) is -0.209. The van der Waals surface area contributed by atoms with Crippen LogP contribution in [-0.2, 0) is 19.4 Å². The van der Waals surface area contributed by atoms with E-state index in [1.165, 1.54) is 6.20 Å². The molecule has 1 atom stereocenters. The number of hydrogen-bond donors (Lipinski definition) is 1. The molecule has 134 valence electrons. The van der Waals surface area contributed by atoms with Crippen LogP contribution >= 0.6 is 0 Å². The van der Waals surface area contributed by atoms with Crippen LogP contribution in [0.3, 0.4) is 0 Å². The second-order valence-electron chi connectivity index (χ2n) is 6.09. The van der Waals surface area contributed by atoms with Crippen molar-refractivity contribution in [2.45, 2.75) is 12.5 Å². The second-order valence-corrected chi connectivity index (χ2v) is 8.32. The number of carbonyl (C=O) groups excluding carboxylic acids is 1. The van der Waals surface area contributed by atoms with E-state index < -0.39 is 15.7 Å². The van der Waals surface area contributed by atoms with E-state index in [-0.39, 0.29) is 23.1 Å². The Bertz CT molecular complexity index is 620. The number of amides is 1. The number of ether oxygens (including phenoxy) is 1. The molecular formula is C15H24N4O4S. The van der Waals surface area contributed by atoms with E-state index in [1.807, 2.05) is 6.07 Å². The number of nitrogens with one attached hydrogen (secondary N) is 1. The largest absolute Gasteiger partial charge is 0.379 e. The van der Waals surface area contributed by atoms with Gasteiger partial charge in [0.15, 0.2) is 9.84 Å². The van der Waals surface area contributed by atoms with Gasteiger partial charge in [-0.25, -0.2) is 8.42 Å². The Morgan fingerprint density at radius 2 is 2.17 bits per heavy atom. The predicted molar refractivity (Wildman–Crippen MR) is 88.8 cm³/mol. The van der Waals surface area contributed by atoms with E-state index in [9.17, 15) is 18.5 Å². The zero-order valence-corrected chi connectivity index (χ0v) is 14.7. The van der Waals surface area contributed by atoms with Crippen molar-refractivity contribution < 1.29 is 17.9 Å². The molecule has 24 heavy (non-hydrogen) atoms. The number of nitrogens with zero attached hydrogens (tertiary/aromatic N) is 3. The van der Waals surface area contributed by atoms with Gasteiger partial charge in [0.2, 0.25) is 0 Å². The third-order valence-corrected chi connectivity index (χ3v) is 6.05. The zero-order valence-electron chi connectivity index (χ0n) is 13.9. The molecule has 9 heteroatoms. The van der Waals surface area contributed by atoms with Gasteiger partial charge in [0.25, 0.3) is 5.91 Å². The van der Waals surface area contributed by atoms with Crippen molar-refractivity contribution in [2.75, 3.05) is 57.9 Å². The molecule has 0 spiro atoms. The molecule has 0 saturated carbocycles. The summed E-state index contributed by atoms with van der Waals surface area (Å²) in [7, 11) is -1.30. The van der Waals surface area contributed by atoms with Crippen LogP contribution in [0.5, 0.6) is 0 Å². The molecule has 2 fully saturated rings. The Morgan fingerprint density at radius 3 is 2.75 bits per heavy atom. The minimum Gasteiger partial charge on any atom is -0.379 e. The van der Waals surface area contributed by atoms with Gasteiger partial charge in [0, 0.05) is 45.5 Å². The molecule has 0 aromatic heterocycles. The molecule has 2 aliphatic heterocycles. The normalized spacial score (nSPS) is 24.3. The van der Waals surface area contributed by atoms with E-state index in [0.717, 1.165) is 13.1 Å². The molecule has 0 aromatic rings. The summed E-state index contributed by atoms with van der Waals surface area (Å²) in [6, 6.07) is 1.71. The molecule has 0 radical (unpaired) electrons. The van der Waals surface area contributed by atoms with E-state index in [2.05, 4.69) is 10.2 Å². The van der Waals surface area contributed by atoms with Gasteiger partial charge in [0.1, 0.15) is 11.6 Å². The maximum absolute atomic E-state index is 12.1. The topological polar surface area (TPSA) is 103 Å². The third kappa shape index (κ3) is 5.47. The van der Waals surface area contributed by atoms with Crippen molar-refractivity contribution in [3.63, 3.8) is 0 Å². The summed E-state index contributed by atoms with van der Waals surface area (Å²) in [4.78, 5) is 16.0. The fourth-order valence-corrected chi connectivity index (χ4v) is 4.58. The third-order valence-electron chi connectivity index (χ3n) is 4.30. The van der Waals surface area contributed by atoms with Crippen LogP contribution in [0.25, 0.3) is 0 Å². The minimum atomic E-state index is -3.00. The monoisotopic (exact) mass is 356 g/mol. The lowest BCUT2D eigenvalue weighted by atomic mass is 10.2. The van der Waals surface area contributed by atoms with E-state index >= 15 is 0 Å². The molecule has 1 unspecified atom stereocenters. The molecule has 2 saturated heterocycles. The van der Waals surface area contributed by atoms with E-state index in [1.54, 1.807) is 11.9 Å². The van der Waals surface area contributed by atoms with E-state index in [0.29, 0.717) is 32.7 Å². The van der Waals surface area contributed by atoms with Crippen LogP contribution in [0.1, 0.15) is 6.42 Å². The fraction of sp³-hybridized carbons (Fsp3) is 0.733. The Kier molecular flexibility index (Phi) is 6.60. The number of rotatable bonds is 6. The summed E-state index contributed by atoms with van der Waals surface area (Å²) in [5, 5.41) is 11.9. The van der Waals surface area contributed by atoms with Crippen molar-refractivity contribution in [3.8, 4) is 6.07 Å². The van der Waals surface area contributed by atoms with Crippen LogP contribution in [0, 0.1) is 11.3 Å². The quantitative estimate of drug-likeness (QED) is 0.479. The molecule has 0 aromatic carbocycles. The standard InChI is InChI=1S/C15H24N4O4S/c1-18(14-2-9-24(21,22)12-14)11-13(10-16)15(20)17-3-4-19-5-7-23-8-6-19/h11,14H,2-9,12H2,1H3,(H,17,20)/b13-11-. The second kappa shape index (κ2) is 8.46. The maximum atomic E-state index is 12.1. The highest BCUT2D eigenvalue weighted by Gasteiger charge is 2.30. The molecule has 2 aliphatic rings. The first-order valence-corrected chi connectivity index (χ1v) is 9.86. The summed E-state index contributed by atoms with van der Waals surface area (Å²) in [6.07, 6.45) is 1.96. The summed E-state index contributed by atoms with van der Waals surface area (Å²) >= 11 is 0. The van der Waals surface area contributed by atoms with Gasteiger partial charge in [-0.05, 0) is 6.42 Å². The van der Waals surface area contributed by atoms with Crippen molar-refractivity contribution in [2.24, 2.45) is 0 Å². The van der Waals surface area contributed by atoms with Gasteiger partial charge in [-0.15, -0.1) is 0 Å². The maximum Gasteiger partial charge on any atom is 0.263 e. The van der Waals surface area contributed by atoms with Crippen molar-refractivity contribution in [1.29, 1.82) is 5.26 Å². The van der Waals surface area contributed by atoms with Gasteiger partial charge >= 0.3 is 0 Å².